The van der Waals surface area contributed by atoms with Crippen LogP contribution in [0.1, 0.15) is 13.8 Å². The molecule has 1 fully saturated rings. The van der Waals surface area contributed by atoms with Crippen LogP contribution in [0.25, 0.3) is 0 Å². The number of hydrogen-bond donors (Lipinski definition) is 0. The fraction of sp³-hybridized carbons (Fsp3) is 0.500. The van der Waals surface area contributed by atoms with Gasteiger partial charge in [-0.05, 0) is 19.1 Å². The van der Waals surface area contributed by atoms with E-state index in [1.807, 2.05) is 0 Å². The van der Waals surface area contributed by atoms with E-state index in [0.29, 0.717) is 50.0 Å². The van der Waals surface area contributed by atoms with Crippen molar-refractivity contribution >= 4 is 23.6 Å². The summed E-state index contributed by atoms with van der Waals surface area (Å²) < 4.78 is 15.6. The summed E-state index contributed by atoms with van der Waals surface area (Å²) in [6.07, 6.45) is -0.365. The van der Waals surface area contributed by atoms with Gasteiger partial charge in [0, 0.05) is 44.9 Å². The van der Waals surface area contributed by atoms with Gasteiger partial charge in [-0.3, -0.25) is 9.59 Å². The molecule has 27 heavy (non-hydrogen) atoms. The molecule has 1 aromatic rings. The van der Waals surface area contributed by atoms with Gasteiger partial charge in [0.05, 0.1) is 6.61 Å². The molecule has 0 spiro atoms. The van der Waals surface area contributed by atoms with Crippen molar-refractivity contribution in [3.63, 3.8) is 0 Å². The molecule has 0 aliphatic carbocycles. The summed E-state index contributed by atoms with van der Waals surface area (Å²) in [5.74, 6) is 0.747. The molecule has 0 unspecified atom stereocenters. The van der Waals surface area contributed by atoms with Gasteiger partial charge < -0.3 is 28.9 Å². The van der Waals surface area contributed by atoms with Crippen molar-refractivity contribution < 1.29 is 28.6 Å². The second-order valence-corrected chi connectivity index (χ2v) is 6.21. The highest BCUT2D eigenvalue weighted by Gasteiger charge is 2.27. The second-order valence-electron chi connectivity index (χ2n) is 6.21. The van der Waals surface area contributed by atoms with Crippen LogP contribution in [0.4, 0.5) is 10.5 Å². The lowest BCUT2D eigenvalue weighted by molar-refractivity contribution is -0.132. The lowest BCUT2D eigenvalue weighted by Crippen LogP contribution is -2.53. The molecule has 2 aliphatic rings. The molecule has 0 atom stereocenters. The maximum atomic E-state index is 12.7. The Bertz CT molecular complexity index is 730. The highest BCUT2D eigenvalue weighted by atomic mass is 16.7. The minimum absolute atomic E-state index is 0.0750. The van der Waals surface area contributed by atoms with E-state index < -0.39 is 0 Å². The highest BCUT2D eigenvalue weighted by molar-refractivity contribution is 5.97. The average molecular weight is 377 g/mol. The first-order valence-electron chi connectivity index (χ1n) is 8.87. The Balaban J connectivity index is 1.61. The van der Waals surface area contributed by atoms with Crippen LogP contribution in [-0.4, -0.2) is 73.8 Å². The number of fused-ring (bicyclic) bond motifs is 1. The topological polar surface area (TPSA) is 88.6 Å². The zero-order valence-corrected chi connectivity index (χ0v) is 15.5. The Kier molecular flexibility index (Phi) is 5.68. The normalized spacial score (nSPS) is 15.5. The molecule has 2 aliphatic heterocycles. The van der Waals surface area contributed by atoms with Crippen LogP contribution in [0.15, 0.2) is 18.2 Å². The quantitative estimate of drug-likeness (QED) is 0.780. The molecule has 0 N–H and O–H groups in total. The van der Waals surface area contributed by atoms with Crippen LogP contribution >= 0.6 is 0 Å². The first-order valence-corrected chi connectivity index (χ1v) is 8.87. The fourth-order valence-corrected chi connectivity index (χ4v) is 3.03. The SMILES string of the molecule is CCOC(=O)N1CCN(C(=O)CN(C(C)=O)c2ccc3c(c2)OCO3)CC1. The molecular formula is C18H23N3O6. The van der Waals surface area contributed by atoms with Crippen LogP contribution in [0, 0.1) is 0 Å². The smallest absolute Gasteiger partial charge is 0.409 e. The van der Waals surface area contributed by atoms with Crippen molar-refractivity contribution in [1.82, 2.24) is 9.80 Å². The zero-order valence-electron chi connectivity index (χ0n) is 15.5. The van der Waals surface area contributed by atoms with Gasteiger partial charge in [0.15, 0.2) is 11.5 Å². The van der Waals surface area contributed by atoms with Gasteiger partial charge >= 0.3 is 6.09 Å². The Morgan fingerprint density at radius 2 is 1.74 bits per heavy atom. The molecule has 1 aromatic carbocycles. The number of ether oxygens (including phenoxy) is 3. The summed E-state index contributed by atoms with van der Waals surface area (Å²) in [6, 6.07) is 5.13. The van der Waals surface area contributed by atoms with Crippen LogP contribution in [0.2, 0.25) is 0 Å². The molecule has 146 valence electrons. The Hall–Kier alpha value is -2.97. The number of anilines is 1. The minimum atomic E-state index is -0.365. The van der Waals surface area contributed by atoms with Crippen LogP contribution in [0.3, 0.4) is 0 Å². The molecule has 3 rings (SSSR count). The van der Waals surface area contributed by atoms with Crippen molar-refractivity contribution in [3.8, 4) is 11.5 Å². The predicted molar refractivity (Wildman–Crippen MR) is 95.8 cm³/mol. The first kappa shape index (κ1) is 18.8. The van der Waals surface area contributed by atoms with E-state index in [1.165, 1.54) is 11.8 Å². The summed E-state index contributed by atoms with van der Waals surface area (Å²) in [5.41, 5.74) is 0.574. The van der Waals surface area contributed by atoms with Gasteiger partial charge in [-0.2, -0.15) is 0 Å². The molecule has 0 aromatic heterocycles. The summed E-state index contributed by atoms with van der Waals surface area (Å²) in [5, 5.41) is 0. The maximum Gasteiger partial charge on any atom is 0.409 e. The number of hydrogen-bond acceptors (Lipinski definition) is 6. The Morgan fingerprint density at radius 1 is 1.07 bits per heavy atom. The standard InChI is InChI=1S/C18H23N3O6/c1-3-25-18(24)20-8-6-19(7-9-20)17(23)11-21(13(2)22)14-4-5-15-16(10-14)27-12-26-15/h4-5,10H,3,6-9,11-12H2,1-2H3. The van der Waals surface area contributed by atoms with Gasteiger partial charge in [0.2, 0.25) is 18.6 Å². The van der Waals surface area contributed by atoms with Crippen LogP contribution < -0.4 is 14.4 Å². The van der Waals surface area contributed by atoms with Gasteiger partial charge in [0.1, 0.15) is 6.54 Å². The minimum Gasteiger partial charge on any atom is -0.454 e. The molecule has 3 amide bonds. The van der Waals surface area contributed by atoms with Crippen molar-refractivity contribution in [1.29, 1.82) is 0 Å². The third-order valence-corrected chi connectivity index (χ3v) is 4.50. The van der Waals surface area contributed by atoms with E-state index in [0.717, 1.165) is 0 Å². The fourth-order valence-electron chi connectivity index (χ4n) is 3.03. The molecular weight excluding hydrogens is 354 g/mol. The van der Waals surface area contributed by atoms with E-state index in [1.54, 1.807) is 34.9 Å². The van der Waals surface area contributed by atoms with Crippen molar-refractivity contribution in [3.05, 3.63) is 18.2 Å². The average Bonchev–Trinajstić information content (AvgIpc) is 3.13. The third-order valence-electron chi connectivity index (χ3n) is 4.50. The van der Waals surface area contributed by atoms with Gasteiger partial charge in [-0.1, -0.05) is 0 Å². The van der Waals surface area contributed by atoms with E-state index in [-0.39, 0.29) is 31.2 Å². The lowest BCUT2D eigenvalue weighted by Gasteiger charge is -2.35. The van der Waals surface area contributed by atoms with Gasteiger partial charge in [-0.25, -0.2) is 4.79 Å². The number of carbonyl (C=O) groups is 3. The molecule has 1 saturated heterocycles. The molecule has 0 radical (unpaired) electrons. The van der Waals surface area contributed by atoms with Crippen molar-refractivity contribution in [2.24, 2.45) is 0 Å². The number of nitrogens with zero attached hydrogens (tertiary/aromatic N) is 3. The van der Waals surface area contributed by atoms with Crippen LogP contribution in [-0.2, 0) is 14.3 Å². The largest absolute Gasteiger partial charge is 0.454 e. The molecule has 0 bridgehead atoms. The number of carbonyl (C=O) groups excluding carboxylic acids is 3. The number of rotatable bonds is 4. The number of benzene rings is 1. The van der Waals surface area contributed by atoms with Gasteiger partial charge in [-0.15, -0.1) is 0 Å². The van der Waals surface area contributed by atoms with E-state index in [9.17, 15) is 14.4 Å². The Morgan fingerprint density at radius 3 is 2.41 bits per heavy atom. The summed E-state index contributed by atoms with van der Waals surface area (Å²) in [7, 11) is 0. The summed E-state index contributed by atoms with van der Waals surface area (Å²) >= 11 is 0. The van der Waals surface area contributed by atoms with Crippen molar-refractivity contribution in [2.75, 3.05) is 51.0 Å². The summed E-state index contributed by atoms with van der Waals surface area (Å²) in [6.45, 7) is 5.19. The zero-order chi connectivity index (χ0) is 19.4. The Labute approximate surface area is 157 Å². The predicted octanol–water partition coefficient (Wildman–Crippen LogP) is 1.07. The third kappa shape index (κ3) is 4.24. The maximum absolute atomic E-state index is 12.7. The molecule has 9 nitrogen and oxygen atoms in total. The molecule has 0 saturated carbocycles. The monoisotopic (exact) mass is 377 g/mol. The van der Waals surface area contributed by atoms with Gasteiger partial charge in [0.25, 0.3) is 0 Å². The van der Waals surface area contributed by atoms with Crippen molar-refractivity contribution in [2.45, 2.75) is 13.8 Å². The van der Waals surface area contributed by atoms with E-state index in [4.69, 9.17) is 14.2 Å². The van der Waals surface area contributed by atoms with E-state index in [2.05, 4.69) is 0 Å². The lowest BCUT2D eigenvalue weighted by atomic mass is 10.2. The van der Waals surface area contributed by atoms with Crippen LogP contribution in [0.5, 0.6) is 11.5 Å². The first-order chi connectivity index (χ1) is 13.0. The summed E-state index contributed by atoms with van der Waals surface area (Å²) in [4.78, 5) is 41.1. The highest BCUT2D eigenvalue weighted by Crippen LogP contribution is 2.35. The van der Waals surface area contributed by atoms with E-state index >= 15 is 0 Å². The molecule has 2 heterocycles. The molecule has 9 heteroatoms. The number of piperazine rings is 1. The second kappa shape index (κ2) is 8.15. The number of amides is 3.